The van der Waals surface area contributed by atoms with Crippen LogP contribution in [0.25, 0.3) is 0 Å². The first kappa shape index (κ1) is 17.5. The third-order valence-electron chi connectivity index (χ3n) is 6.00. The molecular formula is C21H30O3. The summed E-state index contributed by atoms with van der Waals surface area (Å²) in [5.41, 5.74) is 1.98. The van der Waals surface area contributed by atoms with E-state index in [-0.39, 0.29) is 11.4 Å². The van der Waals surface area contributed by atoms with Gasteiger partial charge in [0.1, 0.15) is 5.75 Å². The summed E-state index contributed by atoms with van der Waals surface area (Å²) >= 11 is 0. The molecule has 2 fully saturated rings. The van der Waals surface area contributed by atoms with Crippen LogP contribution in [-0.4, -0.2) is 25.1 Å². The molecule has 1 saturated carbocycles. The van der Waals surface area contributed by atoms with Gasteiger partial charge in [0.15, 0.2) is 5.78 Å². The van der Waals surface area contributed by atoms with Gasteiger partial charge in [-0.05, 0) is 75.5 Å². The van der Waals surface area contributed by atoms with Gasteiger partial charge in [-0.2, -0.15) is 0 Å². The van der Waals surface area contributed by atoms with Crippen LogP contribution < -0.4 is 4.74 Å². The maximum Gasteiger partial charge on any atom is 0.160 e. The standard InChI is InChI=1S/C21H30O3/c1-16(22)20-15-19(23-2)10-9-17(20)11-13-21(12-5-6-14-24-21)18-7-3-4-8-18/h9-10,15,18H,3-8,11-14H2,1-2H3. The highest BCUT2D eigenvalue weighted by molar-refractivity contribution is 5.96. The normalized spacial score (nSPS) is 24.9. The third kappa shape index (κ3) is 3.66. The Balaban J connectivity index is 1.78. The maximum atomic E-state index is 12.0. The molecule has 0 amide bonds. The van der Waals surface area contributed by atoms with Crippen molar-refractivity contribution in [3.8, 4) is 5.75 Å². The Bertz CT molecular complexity index is 566. The number of hydrogen-bond acceptors (Lipinski definition) is 3. The molecule has 3 rings (SSSR count). The van der Waals surface area contributed by atoms with Gasteiger partial charge in [0.25, 0.3) is 0 Å². The lowest BCUT2D eigenvalue weighted by atomic mass is 9.76. The summed E-state index contributed by atoms with van der Waals surface area (Å²) in [6.07, 6.45) is 10.9. The van der Waals surface area contributed by atoms with E-state index < -0.39 is 0 Å². The second kappa shape index (κ2) is 7.69. The van der Waals surface area contributed by atoms with E-state index in [1.807, 2.05) is 12.1 Å². The van der Waals surface area contributed by atoms with E-state index in [2.05, 4.69) is 6.07 Å². The monoisotopic (exact) mass is 330 g/mol. The topological polar surface area (TPSA) is 35.5 Å². The highest BCUT2D eigenvalue weighted by atomic mass is 16.5. The van der Waals surface area contributed by atoms with Crippen molar-refractivity contribution in [1.29, 1.82) is 0 Å². The minimum absolute atomic E-state index is 0.0444. The second-order valence-corrected chi connectivity index (χ2v) is 7.43. The molecule has 1 heterocycles. The number of carbonyl (C=O) groups excluding carboxylic acids is 1. The molecule has 1 saturated heterocycles. The zero-order chi connectivity index (χ0) is 17.0. The molecule has 3 heteroatoms. The average Bonchev–Trinajstić information content (AvgIpc) is 3.16. The van der Waals surface area contributed by atoms with Crippen molar-refractivity contribution in [2.75, 3.05) is 13.7 Å². The van der Waals surface area contributed by atoms with Crippen molar-refractivity contribution in [2.45, 2.75) is 70.3 Å². The second-order valence-electron chi connectivity index (χ2n) is 7.43. The van der Waals surface area contributed by atoms with Crippen LogP contribution in [0.3, 0.4) is 0 Å². The van der Waals surface area contributed by atoms with Crippen molar-refractivity contribution in [1.82, 2.24) is 0 Å². The fraction of sp³-hybridized carbons (Fsp3) is 0.667. The van der Waals surface area contributed by atoms with Gasteiger partial charge in [-0.3, -0.25) is 4.79 Å². The minimum Gasteiger partial charge on any atom is -0.497 e. The van der Waals surface area contributed by atoms with Crippen LogP contribution >= 0.6 is 0 Å². The molecule has 0 radical (unpaired) electrons. The Morgan fingerprint density at radius 2 is 2.04 bits per heavy atom. The number of hydrogen-bond donors (Lipinski definition) is 0. The van der Waals surface area contributed by atoms with Crippen LogP contribution in [0.1, 0.15) is 74.2 Å². The number of rotatable bonds is 6. The van der Waals surface area contributed by atoms with Gasteiger partial charge >= 0.3 is 0 Å². The highest BCUT2D eigenvalue weighted by Crippen LogP contribution is 2.44. The first-order valence-corrected chi connectivity index (χ1v) is 9.46. The first-order chi connectivity index (χ1) is 11.6. The fourth-order valence-corrected chi connectivity index (χ4v) is 4.62. The van der Waals surface area contributed by atoms with E-state index >= 15 is 0 Å². The molecule has 132 valence electrons. The predicted molar refractivity (Wildman–Crippen MR) is 95.8 cm³/mol. The summed E-state index contributed by atoms with van der Waals surface area (Å²) in [5.74, 6) is 1.57. The molecule has 1 unspecified atom stereocenters. The van der Waals surface area contributed by atoms with E-state index in [9.17, 15) is 4.79 Å². The van der Waals surface area contributed by atoms with Crippen LogP contribution in [0.15, 0.2) is 18.2 Å². The zero-order valence-corrected chi connectivity index (χ0v) is 15.1. The fourth-order valence-electron chi connectivity index (χ4n) is 4.62. The molecule has 1 aliphatic heterocycles. The van der Waals surface area contributed by atoms with Gasteiger partial charge in [0, 0.05) is 12.2 Å². The molecule has 0 aromatic heterocycles. The molecule has 0 bridgehead atoms. The van der Waals surface area contributed by atoms with E-state index in [1.54, 1.807) is 14.0 Å². The Kier molecular flexibility index (Phi) is 5.60. The number of ketones is 1. The van der Waals surface area contributed by atoms with Gasteiger partial charge in [0.2, 0.25) is 0 Å². The maximum absolute atomic E-state index is 12.0. The summed E-state index contributed by atoms with van der Waals surface area (Å²) in [6, 6.07) is 5.90. The molecule has 0 spiro atoms. The lowest BCUT2D eigenvalue weighted by Gasteiger charge is -2.42. The van der Waals surface area contributed by atoms with Crippen molar-refractivity contribution < 1.29 is 14.3 Å². The molecule has 3 nitrogen and oxygen atoms in total. The molecule has 1 atom stereocenters. The summed E-state index contributed by atoms with van der Waals surface area (Å²) in [4.78, 5) is 12.0. The largest absolute Gasteiger partial charge is 0.497 e. The summed E-state index contributed by atoms with van der Waals surface area (Å²) < 4.78 is 11.7. The van der Waals surface area contributed by atoms with Crippen LogP contribution in [0.4, 0.5) is 0 Å². The van der Waals surface area contributed by atoms with E-state index in [4.69, 9.17) is 9.47 Å². The summed E-state index contributed by atoms with van der Waals surface area (Å²) in [7, 11) is 1.64. The summed E-state index contributed by atoms with van der Waals surface area (Å²) in [6.45, 7) is 2.54. The molecule has 1 aliphatic carbocycles. The van der Waals surface area contributed by atoms with Crippen LogP contribution in [0.2, 0.25) is 0 Å². The quantitative estimate of drug-likeness (QED) is 0.692. The predicted octanol–water partition coefficient (Wildman–Crippen LogP) is 4.96. The number of aryl methyl sites for hydroxylation is 1. The SMILES string of the molecule is COc1ccc(CCC2(C3CCCC3)CCCCO2)c(C(C)=O)c1. The van der Waals surface area contributed by atoms with Gasteiger partial charge in [-0.1, -0.05) is 18.9 Å². The number of ether oxygens (including phenoxy) is 2. The van der Waals surface area contributed by atoms with Crippen molar-refractivity contribution >= 4 is 5.78 Å². The van der Waals surface area contributed by atoms with Gasteiger partial charge in [0.05, 0.1) is 12.7 Å². The Hall–Kier alpha value is -1.35. The number of Topliss-reactive ketones (excluding diaryl/α,β-unsaturated/α-hetero) is 1. The molecule has 0 N–H and O–H groups in total. The van der Waals surface area contributed by atoms with E-state index in [0.29, 0.717) is 5.92 Å². The smallest absolute Gasteiger partial charge is 0.160 e. The van der Waals surface area contributed by atoms with Crippen molar-refractivity contribution in [3.63, 3.8) is 0 Å². The number of methoxy groups -OCH3 is 1. The van der Waals surface area contributed by atoms with Gasteiger partial charge in [-0.25, -0.2) is 0 Å². The Morgan fingerprint density at radius 3 is 2.67 bits per heavy atom. The molecule has 2 aliphatic rings. The van der Waals surface area contributed by atoms with Crippen LogP contribution in [-0.2, 0) is 11.2 Å². The number of carbonyl (C=O) groups is 1. The zero-order valence-electron chi connectivity index (χ0n) is 15.1. The molecule has 1 aromatic rings. The molecular weight excluding hydrogens is 300 g/mol. The van der Waals surface area contributed by atoms with Crippen molar-refractivity contribution in [3.05, 3.63) is 29.3 Å². The van der Waals surface area contributed by atoms with Crippen LogP contribution in [0.5, 0.6) is 5.75 Å². The number of benzene rings is 1. The lowest BCUT2D eigenvalue weighted by molar-refractivity contribution is -0.120. The van der Waals surface area contributed by atoms with E-state index in [0.717, 1.165) is 36.3 Å². The van der Waals surface area contributed by atoms with Crippen molar-refractivity contribution in [2.24, 2.45) is 5.92 Å². The molecule has 24 heavy (non-hydrogen) atoms. The highest BCUT2D eigenvalue weighted by Gasteiger charge is 2.41. The van der Waals surface area contributed by atoms with E-state index in [1.165, 1.54) is 44.9 Å². The average molecular weight is 330 g/mol. The van der Waals surface area contributed by atoms with Crippen LogP contribution in [0, 0.1) is 5.92 Å². The Labute approximate surface area is 145 Å². The van der Waals surface area contributed by atoms with Gasteiger partial charge in [-0.15, -0.1) is 0 Å². The summed E-state index contributed by atoms with van der Waals surface area (Å²) in [5, 5.41) is 0. The minimum atomic E-state index is 0.0444. The Morgan fingerprint density at radius 1 is 1.25 bits per heavy atom. The lowest BCUT2D eigenvalue weighted by Crippen LogP contribution is -2.43. The van der Waals surface area contributed by atoms with Gasteiger partial charge < -0.3 is 9.47 Å². The third-order valence-corrected chi connectivity index (χ3v) is 6.00. The molecule has 1 aromatic carbocycles. The first-order valence-electron chi connectivity index (χ1n) is 9.46.